The van der Waals surface area contributed by atoms with Crippen molar-refractivity contribution in [2.45, 2.75) is 38.6 Å². The van der Waals surface area contributed by atoms with Crippen molar-refractivity contribution in [1.82, 2.24) is 10.2 Å². The third kappa shape index (κ3) is 6.37. The summed E-state index contributed by atoms with van der Waals surface area (Å²) in [6.45, 7) is -0.576. The maximum absolute atomic E-state index is 12.2. The quantitative estimate of drug-likeness (QED) is 0.614. The molecular weight excluding hydrogens is 390 g/mol. The molecule has 1 saturated heterocycles. The fourth-order valence-electron chi connectivity index (χ4n) is 3.59. The van der Waals surface area contributed by atoms with E-state index in [0.29, 0.717) is 12.1 Å². The first-order valence-corrected chi connectivity index (χ1v) is 9.97. The molecule has 160 valence electrons. The van der Waals surface area contributed by atoms with Crippen LogP contribution < -0.4 is 10.1 Å². The highest BCUT2D eigenvalue weighted by atomic mass is 19.3. The number of likely N-dealkylation sites (tertiary alicyclic amines) is 1. The van der Waals surface area contributed by atoms with Crippen LogP contribution in [-0.2, 0) is 17.9 Å². The molecule has 1 aliphatic heterocycles. The second-order valence-electron chi connectivity index (χ2n) is 7.22. The highest BCUT2D eigenvalue weighted by Crippen LogP contribution is 2.21. The van der Waals surface area contributed by atoms with Crippen molar-refractivity contribution in [3.05, 3.63) is 71.3 Å². The minimum absolute atomic E-state index is 0.0737. The standard InChI is InChI=1S/C23H26F2N2O3/c24-23(25)30-21-10-7-17(8-11-21)9-12-22(29)26-14-18-4-1-2-5-19(18)15-27-13-3-6-20(27)16-28/h1-2,4-5,7-12,20,23,28H,3,6,13-16H2,(H,26,29). The molecule has 1 fully saturated rings. The first-order valence-electron chi connectivity index (χ1n) is 9.97. The second kappa shape index (κ2) is 10.8. The van der Waals surface area contributed by atoms with Gasteiger partial charge in [0, 0.05) is 25.2 Å². The van der Waals surface area contributed by atoms with E-state index < -0.39 is 6.61 Å². The van der Waals surface area contributed by atoms with Crippen LogP contribution >= 0.6 is 0 Å². The van der Waals surface area contributed by atoms with Gasteiger partial charge in [-0.15, -0.1) is 0 Å². The molecule has 2 aromatic carbocycles. The van der Waals surface area contributed by atoms with Gasteiger partial charge in [-0.2, -0.15) is 8.78 Å². The van der Waals surface area contributed by atoms with E-state index >= 15 is 0 Å². The van der Waals surface area contributed by atoms with Gasteiger partial charge in [-0.25, -0.2) is 0 Å². The summed E-state index contributed by atoms with van der Waals surface area (Å²) in [6.07, 6.45) is 5.12. The lowest BCUT2D eigenvalue weighted by Crippen LogP contribution is -2.32. The molecule has 7 heteroatoms. The van der Waals surface area contributed by atoms with Crippen LogP contribution in [0.1, 0.15) is 29.5 Å². The number of benzene rings is 2. The summed E-state index contributed by atoms with van der Waals surface area (Å²) >= 11 is 0. The molecular formula is C23H26F2N2O3. The molecule has 1 amide bonds. The molecule has 1 unspecified atom stereocenters. The Morgan fingerprint density at radius 2 is 1.93 bits per heavy atom. The molecule has 0 spiro atoms. The van der Waals surface area contributed by atoms with Gasteiger partial charge in [-0.3, -0.25) is 9.69 Å². The number of carbonyl (C=O) groups is 1. The van der Waals surface area contributed by atoms with Crippen LogP contribution in [-0.4, -0.2) is 41.7 Å². The zero-order valence-corrected chi connectivity index (χ0v) is 16.6. The topological polar surface area (TPSA) is 61.8 Å². The predicted octanol–water partition coefficient (Wildman–Crippen LogP) is 3.57. The van der Waals surface area contributed by atoms with E-state index in [0.717, 1.165) is 37.1 Å². The summed E-state index contributed by atoms with van der Waals surface area (Å²) < 4.78 is 28.7. The number of hydrogen-bond donors (Lipinski definition) is 2. The van der Waals surface area contributed by atoms with Gasteiger partial charge < -0.3 is 15.2 Å². The first-order chi connectivity index (χ1) is 14.5. The molecule has 3 rings (SSSR count). The van der Waals surface area contributed by atoms with E-state index in [9.17, 15) is 18.7 Å². The van der Waals surface area contributed by atoms with Crippen molar-refractivity contribution in [2.75, 3.05) is 13.2 Å². The molecule has 0 aliphatic carbocycles. The van der Waals surface area contributed by atoms with Crippen LogP contribution in [0.3, 0.4) is 0 Å². The molecule has 5 nitrogen and oxygen atoms in total. The number of aliphatic hydroxyl groups excluding tert-OH is 1. The summed E-state index contributed by atoms with van der Waals surface area (Å²) in [4.78, 5) is 14.5. The lowest BCUT2D eigenvalue weighted by Gasteiger charge is -2.24. The molecule has 30 heavy (non-hydrogen) atoms. The van der Waals surface area contributed by atoms with E-state index in [-0.39, 0.29) is 24.3 Å². The smallest absolute Gasteiger partial charge is 0.387 e. The number of carbonyl (C=O) groups excluding carboxylic acids is 1. The molecule has 0 bridgehead atoms. The summed E-state index contributed by atoms with van der Waals surface area (Å²) in [5.74, 6) is -0.170. The van der Waals surface area contributed by atoms with Gasteiger partial charge in [-0.05, 0) is 54.3 Å². The van der Waals surface area contributed by atoms with E-state index in [1.165, 1.54) is 18.2 Å². The second-order valence-corrected chi connectivity index (χ2v) is 7.22. The Morgan fingerprint density at radius 1 is 1.20 bits per heavy atom. The van der Waals surface area contributed by atoms with E-state index in [1.807, 2.05) is 24.3 Å². The molecule has 1 atom stereocenters. The third-order valence-electron chi connectivity index (χ3n) is 5.19. The van der Waals surface area contributed by atoms with Crippen LogP contribution in [0.15, 0.2) is 54.6 Å². The summed E-state index contributed by atoms with van der Waals surface area (Å²) in [5.41, 5.74) is 2.88. The Kier molecular flexibility index (Phi) is 7.93. The van der Waals surface area contributed by atoms with E-state index in [4.69, 9.17) is 0 Å². The normalized spacial score (nSPS) is 17.0. The zero-order valence-electron chi connectivity index (χ0n) is 16.6. The van der Waals surface area contributed by atoms with Gasteiger partial charge in [0.2, 0.25) is 5.91 Å². The fraction of sp³-hybridized carbons (Fsp3) is 0.348. The Morgan fingerprint density at radius 3 is 2.63 bits per heavy atom. The lowest BCUT2D eigenvalue weighted by atomic mass is 10.1. The summed E-state index contributed by atoms with van der Waals surface area (Å²) in [6, 6.07) is 14.2. The van der Waals surface area contributed by atoms with Crippen molar-refractivity contribution in [3.8, 4) is 5.75 Å². The number of halogens is 2. The molecule has 0 aromatic heterocycles. The maximum atomic E-state index is 12.2. The average molecular weight is 416 g/mol. The number of nitrogens with one attached hydrogen (secondary N) is 1. The van der Waals surface area contributed by atoms with Gasteiger partial charge in [0.05, 0.1) is 6.61 Å². The van der Waals surface area contributed by atoms with Crippen molar-refractivity contribution in [2.24, 2.45) is 0 Å². The Labute approximate surface area is 175 Å². The number of amides is 1. The van der Waals surface area contributed by atoms with Crippen molar-refractivity contribution < 1.29 is 23.4 Å². The lowest BCUT2D eigenvalue weighted by molar-refractivity contribution is -0.116. The van der Waals surface area contributed by atoms with E-state index in [1.54, 1.807) is 18.2 Å². The number of hydrogen-bond acceptors (Lipinski definition) is 4. The minimum Gasteiger partial charge on any atom is -0.435 e. The van der Waals surface area contributed by atoms with Crippen LogP contribution in [0, 0.1) is 0 Å². The van der Waals surface area contributed by atoms with Crippen molar-refractivity contribution in [3.63, 3.8) is 0 Å². The fourth-order valence-corrected chi connectivity index (χ4v) is 3.59. The number of alkyl halides is 2. The number of ether oxygens (including phenoxy) is 1. The van der Waals surface area contributed by atoms with Gasteiger partial charge in [-0.1, -0.05) is 36.4 Å². The Balaban J connectivity index is 1.54. The first kappa shape index (κ1) is 21.9. The van der Waals surface area contributed by atoms with Gasteiger partial charge in [0.1, 0.15) is 5.75 Å². The van der Waals surface area contributed by atoms with Gasteiger partial charge >= 0.3 is 6.61 Å². The Bertz CT molecular complexity index is 856. The SMILES string of the molecule is O=C(C=Cc1ccc(OC(F)F)cc1)NCc1ccccc1CN1CCCC1CO. The molecule has 0 saturated carbocycles. The van der Waals surface area contributed by atoms with Crippen LogP contribution in [0.5, 0.6) is 5.75 Å². The highest BCUT2D eigenvalue weighted by Gasteiger charge is 2.24. The Hall–Kier alpha value is -2.77. The summed E-state index contributed by atoms with van der Waals surface area (Å²) in [7, 11) is 0. The van der Waals surface area contributed by atoms with Crippen LogP contribution in [0.25, 0.3) is 6.08 Å². The molecule has 2 aromatic rings. The third-order valence-corrected chi connectivity index (χ3v) is 5.19. The van der Waals surface area contributed by atoms with Crippen molar-refractivity contribution >= 4 is 12.0 Å². The van der Waals surface area contributed by atoms with Crippen LogP contribution in [0.4, 0.5) is 8.78 Å². The zero-order chi connectivity index (χ0) is 21.3. The molecule has 1 heterocycles. The van der Waals surface area contributed by atoms with E-state index in [2.05, 4.69) is 15.0 Å². The number of nitrogens with zero attached hydrogens (tertiary/aromatic N) is 1. The molecule has 0 radical (unpaired) electrons. The largest absolute Gasteiger partial charge is 0.435 e. The number of rotatable bonds is 9. The van der Waals surface area contributed by atoms with Crippen molar-refractivity contribution in [1.29, 1.82) is 0 Å². The predicted molar refractivity (Wildman–Crippen MR) is 111 cm³/mol. The molecule has 2 N–H and O–H groups in total. The minimum atomic E-state index is -2.86. The van der Waals surface area contributed by atoms with Gasteiger partial charge in [0.15, 0.2) is 0 Å². The molecule has 1 aliphatic rings. The average Bonchev–Trinajstić information content (AvgIpc) is 3.19. The van der Waals surface area contributed by atoms with Crippen LogP contribution in [0.2, 0.25) is 0 Å². The highest BCUT2D eigenvalue weighted by molar-refractivity contribution is 5.91. The monoisotopic (exact) mass is 416 g/mol. The summed E-state index contributed by atoms with van der Waals surface area (Å²) in [5, 5.41) is 12.4. The number of aliphatic hydroxyl groups is 1. The van der Waals surface area contributed by atoms with Gasteiger partial charge in [0.25, 0.3) is 0 Å². The maximum Gasteiger partial charge on any atom is 0.387 e.